The van der Waals surface area contributed by atoms with E-state index in [-0.39, 0.29) is 6.54 Å². The third-order valence-electron chi connectivity index (χ3n) is 3.08. The second-order valence-electron chi connectivity index (χ2n) is 4.66. The Morgan fingerprint density at radius 1 is 1.52 bits per heavy atom. The minimum atomic E-state index is -1.08. The molecule has 1 aliphatic rings. The van der Waals surface area contributed by atoms with E-state index >= 15 is 0 Å². The molecule has 2 rings (SSSR count). The number of carbonyl (C=O) groups is 1. The molecule has 0 bridgehead atoms. The van der Waals surface area contributed by atoms with Crippen LogP contribution in [0.15, 0.2) is 35.5 Å². The van der Waals surface area contributed by atoms with E-state index in [9.17, 15) is 4.79 Å². The van der Waals surface area contributed by atoms with Crippen LogP contribution in [0.1, 0.15) is 6.42 Å². The monoisotopic (exact) mass is 331 g/mol. The van der Waals surface area contributed by atoms with E-state index in [2.05, 4.69) is 10.5 Å². The number of benzene rings is 1. The number of anilines is 1. The Bertz CT molecular complexity index is 515. The van der Waals surface area contributed by atoms with Gasteiger partial charge in [0.25, 0.3) is 0 Å². The number of halogens is 2. The van der Waals surface area contributed by atoms with Crippen molar-refractivity contribution in [3.63, 3.8) is 0 Å². The molecule has 1 aromatic carbocycles. The third kappa shape index (κ3) is 4.23. The fourth-order valence-electron chi connectivity index (χ4n) is 2.02. The number of nitrogens with one attached hydrogen (secondary N) is 1. The van der Waals surface area contributed by atoms with E-state index < -0.39 is 16.3 Å². The number of hydrogen-bond acceptors (Lipinski definition) is 5. The van der Waals surface area contributed by atoms with Gasteiger partial charge in [0.15, 0.2) is 0 Å². The number of amides is 1. The molecule has 1 saturated heterocycles. The lowest BCUT2D eigenvalue weighted by Gasteiger charge is -2.37. The minimum absolute atomic E-state index is 0.134. The summed E-state index contributed by atoms with van der Waals surface area (Å²) in [5, 5.41) is 15.2. The van der Waals surface area contributed by atoms with Crippen molar-refractivity contribution in [1.29, 1.82) is 0 Å². The highest BCUT2D eigenvalue weighted by atomic mass is 35.5. The molecule has 114 valence electrons. The van der Waals surface area contributed by atoms with Crippen LogP contribution < -0.4 is 5.32 Å². The Morgan fingerprint density at radius 2 is 2.24 bits per heavy atom. The number of rotatable bonds is 3. The second kappa shape index (κ2) is 6.98. The van der Waals surface area contributed by atoms with Crippen LogP contribution in [0, 0.1) is 0 Å². The number of nitrogens with zero attached hydrogens (tertiary/aromatic N) is 2. The summed E-state index contributed by atoms with van der Waals surface area (Å²) in [6, 6.07) is 8.94. The molecule has 1 amide bonds. The maximum absolute atomic E-state index is 11.8. The lowest BCUT2D eigenvalue weighted by molar-refractivity contribution is -0.107. The zero-order valence-electron chi connectivity index (χ0n) is 11.1. The van der Waals surface area contributed by atoms with Gasteiger partial charge in [-0.15, -0.1) is 33.4 Å². The lowest BCUT2D eigenvalue weighted by atomic mass is 9.99. The van der Waals surface area contributed by atoms with E-state index in [1.165, 1.54) is 5.06 Å². The topological polar surface area (TPSA) is 74.2 Å². The number of para-hydroxylation sites is 1. The van der Waals surface area contributed by atoms with Crippen LogP contribution in [0.5, 0.6) is 0 Å². The van der Waals surface area contributed by atoms with Gasteiger partial charge >= 0.3 is 6.09 Å². The average molecular weight is 332 g/mol. The molecule has 1 fully saturated rings. The predicted molar refractivity (Wildman–Crippen MR) is 81.2 cm³/mol. The van der Waals surface area contributed by atoms with E-state index in [1.54, 1.807) is 24.3 Å². The molecule has 6 nitrogen and oxygen atoms in total. The first-order valence-corrected chi connectivity index (χ1v) is 7.15. The van der Waals surface area contributed by atoms with Gasteiger partial charge in [0.05, 0.1) is 18.1 Å². The van der Waals surface area contributed by atoms with Gasteiger partial charge in [-0.05, 0) is 18.6 Å². The number of oxime groups is 1. The molecule has 1 aromatic rings. The Morgan fingerprint density at radius 3 is 2.90 bits per heavy atom. The Kier molecular flexibility index (Phi) is 5.27. The largest absolute Gasteiger partial charge is 0.430 e. The molecule has 2 unspecified atom stereocenters. The molecular weight excluding hydrogens is 317 g/mol. The fourth-order valence-corrected chi connectivity index (χ4v) is 2.53. The van der Waals surface area contributed by atoms with Gasteiger partial charge in [-0.25, -0.2) is 4.79 Å². The van der Waals surface area contributed by atoms with E-state index in [0.29, 0.717) is 18.7 Å². The summed E-state index contributed by atoms with van der Waals surface area (Å²) in [6.07, 6.45) is 1.03. The standard InChI is InChI=1S/C13H15Cl2N3O3/c14-11-6-7-18(9-13(11,15)8-16-20)21-12(19)17-10-4-2-1-3-5-10/h1-5,8,11,20H,6-7,9H2,(H,17,19). The first-order valence-electron chi connectivity index (χ1n) is 6.34. The molecule has 0 spiro atoms. The van der Waals surface area contributed by atoms with Crippen LogP contribution in [-0.2, 0) is 4.84 Å². The number of alkyl halides is 2. The number of hydrogen-bond donors (Lipinski definition) is 2. The van der Waals surface area contributed by atoms with Crippen LogP contribution in [0.25, 0.3) is 0 Å². The van der Waals surface area contributed by atoms with Gasteiger partial charge in [0.1, 0.15) is 4.87 Å². The maximum Gasteiger partial charge on any atom is 0.430 e. The summed E-state index contributed by atoms with van der Waals surface area (Å²) in [4.78, 5) is 15.9. The summed E-state index contributed by atoms with van der Waals surface area (Å²) in [7, 11) is 0. The van der Waals surface area contributed by atoms with Gasteiger partial charge in [-0.2, -0.15) is 0 Å². The summed E-state index contributed by atoms with van der Waals surface area (Å²) >= 11 is 12.4. The van der Waals surface area contributed by atoms with Crippen molar-refractivity contribution in [3.8, 4) is 0 Å². The van der Waals surface area contributed by atoms with Crippen LogP contribution in [-0.4, -0.2) is 45.9 Å². The van der Waals surface area contributed by atoms with Gasteiger partial charge in [-0.1, -0.05) is 18.2 Å². The molecule has 21 heavy (non-hydrogen) atoms. The molecule has 0 aromatic heterocycles. The van der Waals surface area contributed by atoms with E-state index in [0.717, 1.165) is 6.21 Å². The highest BCUT2D eigenvalue weighted by Crippen LogP contribution is 2.31. The van der Waals surface area contributed by atoms with Gasteiger partial charge in [0, 0.05) is 12.2 Å². The number of piperidine rings is 1. The highest BCUT2D eigenvalue weighted by Gasteiger charge is 2.41. The van der Waals surface area contributed by atoms with Crippen LogP contribution in [0.4, 0.5) is 10.5 Å². The van der Waals surface area contributed by atoms with Crippen LogP contribution in [0.2, 0.25) is 0 Å². The Balaban J connectivity index is 1.92. The smallest absolute Gasteiger partial charge is 0.411 e. The summed E-state index contributed by atoms with van der Waals surface area (Å²) in [5.41, 5.74) is 0.629. The van der Waals surface area contributed by atoms with Crippen molar-refractivity contribution in [2.75, 3.05) is 18.4 Å². The fraction of sp³-hybridized carbons (Fsp3) is 0.385. The molecule has 0 radical (unpaired) electrons. The second-order valence-corrected chi connectivity index (χ2v) is 5.89. The van der Waals surface area contributed by atoms with Gasteiger partial charge < -0.3 is 10.0 Å². The molecular formula is C13H15Cl2N3O3. The first-order chi connectivity index (χ1) is 10.0. The average Bonchev–Trinajstić information content (AvgIpc) is 2.44. The molecule has 2 atom stereocenters. The maximum atomic E-state index is 11.8. The molecule has 8 heteroatoms. The quantitative estimate of drug-likeness (QED) is 0.386. The van der Waals surface area contributed by atoms with Crippen LogP contribution >= 0.6 is 23.2 Å². The van der Waals surface area contributed by atoms with Crippen molar-refractivity contribution in [2.45, 2.75) is 16.7 Å². The third-order valence-corrected chi connectivity index (χ3v) is 4.28. The van der Waals surface area contributed by atoms with E-state index in [1.807, 2.05) is 6.07 Å². The van der Waals surface area contributed by atoms with Crippen molar-refractivity contribution < 1.29 is 14.8 Å². The SMILES string of the molecule is O=C(Nc1ccccc1)ON1CCC(Cl)C(Cl)(C=NO)C1. The van der Waals surface area contributed by atoms with Gasteiger partial charge in [-0.3, -0.25) is 5.32 Å². The van der Waals surface area contributed by atoms with Crippen molar-refractivity contribution in [2.24, 2.45) is 5.16 Å². The van der Waals surface area contributed by atoms with Crippen molar-refractivity contribution in [1.82, 2.24) is 5.06 Å². The Labute approximate surface area is 132 Å². The van der Waals surface area contributed by atoms with Crippen molar-refractivity contribution >= 4 is 41.2 Å². The van der Waals surface area contributed by atoms with Gasteiger partial charge in [0.2, 0.25) is 0 Å². The lowest BCUT2D eigenvalue weighted by Crippen LogP contribution is -2.53. The number of carbonyl (C=O) groups excluding carboxylic acids is 1. The van der Waals surface area contributed by atoms with Crippen molar-refractivity contribution in [3.05, 3.63) is 30.3 Å². The molecule has 0 saturated carbocycles. The summed E-state index contributed by atoms with van der Waals surface area (Å²) in [6.45, 7) is 0.582. The van der Waals surface area contributed by atoms with E-state index in [4.69, 9.17) is 33.2 Å². The molecule has 0 aliphatic carbocycles. The molecule has 1 heterocycles. The number of hydroxylamine groups is 2. The zero-order valence-corrected chi connectivity index (χ0v) is 12.6. The molecule has 1 aliphatic heterocycles. The summed E-state index contributed by atoms with van der Waals surface area (Å²) < 4.78 is 0. The Hall–Kier alpha value is -1.50. The van der Waals surface area contributed by atoms with Crippen LogP contribution in [0.3, 0.4) is 0 Å². The summed E-state index contributed by atoms with van der Waals surface area (Å²) in [5.74, 6) is 0. The minimum Gasteiger partial charge on any atom is -0.411 e. The molecule has 2 N–H and O–H groups in total. The first kappa shape index (κ1) is 15.9. The zero-order chi connectivity index (χ0) is 15.3. The normalized spacial score (nSPS) is 26.7. The predicted octanol–water partition coefficient (Wildman–Crippen LogP) is 2.90. The highest BCUT2D eigenvalue weighted by molar-refractivity contribution is 6.39.